The minimum absolute atomic E-state index is 0.0231. The maximum absolute atomic E-state index is 12.5. The highest BCUT2D eigenvalue weighted by molar-refractivity contribution is 5.98. The van der Waals surface area contributed by atoms with E-state index < -0.39 is 0 Å². The molecule has 5 heteroatoms. The lowest BCUT2D eigenvalue weighted by Crippen LogP contribution is -2.41. The maximum Gasteiger partial charge on any atom is 0.259 e. The third-order valence-electron chi connectivity index (χ3n) is 3.83. The first kappa shape index (κ1) is 12.9. The standard InChI is InChI=1S/C13H22N4O/c1-3-17(10-7-5-4-6-8-10)13(18)11-9-15-16(2)12(11)14/h9-10H,3-8,14H2,1-2H3. The number of rotatable bonds is 3. The van der Waals surface area contributed by atoms with Crippen LogP contribution < -0.4 is 5.73 Å². The van der Waals surface area contributed by atoms with Crippen molar-refractivity contribution in [2.24, 2.45) is 7.05 Å². The Morgan fingerprint density at radius 2 is 2.17 bits per heavy atom. The molecule has 2 N–H and O–H groups in total. The van der Waals surface area contributed by atoms with Crippen molar-refractivity contribution in [1.29, 1.82) is 0 Å². The molecular formula is C13H22N4O. The van der Waals surface area contributed by atoms with Crippen LogP contribution in [0, 0.1) is 0 Å². The van der Waals surface area contributed by atoms with Crippen LogP contribution in [0.1, 0.15) is 49.4 Å². The van der Waals surface area contributed by atoms with Gasteiger partial charge in [-0.1, -0.05) is 19.3 Å². The van der Waals surface area contributed by atoms with E-state index in [2.05, 4.69) is 5.10 Å². The topological polar surface area (TPSA) is 64.2 Å². The van der Waals surface area contributed by atoms with Crippen molar-refractivity contribution in [2.75, 3.05) is 12.3 Å². The lowest BCUT2D eigenvalue weighted by molar-refractivity contribution is 0.0649. The summed E-state index contributed by atoms with van der Waals surface area (Å²) in [5.74, 6) is 0.476. The molecular weight excluding hydrogens is 228 g/mol. The molecule has 0 spiro atoms. The highest BCUT2D eigenvalue weighted by Crippen LogP contribution is 2.24. The zero-order valence-corrected chi connectivity index (χ0v) is 11.2. The van der Waals surface area contributed by atoms with Crippen molar-refractivity contribution >= 4 is 11.7 Å². The molecule has 1 fully saturated rings. The van der Waals surface area contributed by atoms with Gasteiger partial charge in [0.15, 0.2) is 0 Å². The summed E-state index contributed by atoms with van der Waals surface area (Å²) in [5.41, 5.74) is 6.41. The third kappa shape index (κ3) is 2.35. The summed E-state index contributed by atoms with van der Waals surface area (Å²) in [6.45, 7) is 2.76. The van der Waals surface area contributed by atoms with Gasteiger partial charge in [-0.15, -0.1) is 0 Å². The molecule has 0 aliphatic heterocycles. The van der Waals surface area contributed by atoms with E-state index in [4.69, 9.17) is 5.73 Å². The molecule has 0 radical (unpaired) electrons. The van der Waals surface area contributed by atoms with Gasteiger partial charge in [0.05, 0.1) is 6.20 Å². The van der Waals surface area contributed by atoms with Crippen LogP contribution in [-0.2, 0) is 7.05 Å². The molecule has 1 aliphatic rings. The van der Waals surface area contributed by atoms with E-state index in [1.165, 1.54) is 19.3 Å². The highest BCUT2D eigenvalue weighted by atomic mass is 16.2. The molecule has 1 amide bonds. The Kier molecular flexibility index (Phi) is 3.89. The van der Waals surface area contributed by atoms with Gasteiger partial charge in [-0.3, -0.25) is 9.48 Å². The normalized spacial score (nSPS) is 16.8. The number of carbonyl (C=O) groups excluding carboxylic acids is 1. The minimum atomic E-state index is 0.0231. The molecule has 5 nitrogen and oxygen atoms in total. The van der Waals surface area contributed by atoms with Crippen molar-refractivity contribution in [2.45, 2.75) is 45.1 Å². The first-order valence-corrected chi connectivity index (χ1v) is 6.73. The van der Waals surface area contributed by atoms with Crippen molar-refractivity contribution in [3.8, 4) is 0 Å². The fourth-order valence-electron chi connectivity index (χ4n) is 2.73. The van der Waals surface area contributed by atoms with E-state index in [0.29, 0.717) is 17.4 Å². The number of amides is 1. The zero-order chi connectivity index (χ0) is 13.1. The van der Waals surface area contributed by atoms with Crippen molar-refractivity contribution < 1.29 is 4.79 Å². The number of anilines is 1. The molecule has 100 valence electrons. The van der Waals surface area contributed by atoms with Crippen LogP contribution in [0.3, 0.4) is 0 Å². The molecule has 1 saturated carbocycles. The number of nitrogen functional groups attached to an aromatic ring is 1. The SMILES string of the molecule is CCN(C(=O)c1cnn(C)c1N)C1CCCCC1. The second kappa shape index (κ2) is 5.42. The summed E-state index contributed by atoms with van der Waals surface area (Å²) >= 11 is 0. The number of hydrogen-bond donors (Lipinski definition) is 1. The molecule has 0 unspecified atom stereocenters. The summed E-state index contributed by atoms with van der Waals surface area (Å²) in [4.78, 5) is 14.5. The van der Waals surface area contributed by atoms with Crippen LogP contribution in [0.25, 0.3) is 0 Å². The summed E-state index contributed by atoms with van der Waals surface area (Å²) in [6, 6.07) is 0.371. The van der Waals surface area contributed by atoms with Gasteiger partial charge in [0.2, 0.25) is 0 Å². The number of aryl methyl sites for hydroxylation is 1. The van der Waals surface area contributed by atoms with Gasteiger partial charge in [-0.2, -0.15) is 5.10 Å². The smallest absolute Gasteiger partial charge is 0.259 e. The molecule has 1 aromatic rings. The maximum atomic E-state index is 12.5. The molecule has 2 rings (SSSR count). The molecule has 18 heavy (non-hydrogen) atoms. The predicted molar refractivity (Wildman–Crippen MR) is 71.2 cm³/mol. The summed E-state index contributed by atoms with van der Waals surface area (Å²) < 4.78 is 1.54. The molecule has 0 aromatic carbocycles. The van der Waals surface area contributed by atoms with Crippen LogP contribution in [-0.4, -0.2) is 33.2 Å². The number of aromatic nitrogens is 2. The Labute approximate surface area is 108 Å². The van der Waals surface area contributed by atoms with Crippen LogP contribution in [0.5, 0.6) is 0 Å². The second-order valence-corrected chi connectivity index (χ2v) is 4.95. The van der Waals surface area contributed by atoms with E-state index in [-0.39, 0.29) is 5.91 Å². The monoisotopic (exact) mass is 250 g/mol. The van der Waals surface area contributed by atoms with E-state index in [0.717, 1.165) is 19.4 Å². The molecule has 0 saturated heterocycles. The fraction of sp³-hybridized carbons (Fsp3) is 0.692. The molecule has 1 aliphatic carbocycles. The zero-order valence-electron chi connectivity index (χ0n) is 11.2. The average molecular weight is 250 g/mol. The number of carbonyl (C=O) groups is 1. The molecule has 0 atom stereocenters. The fourth-order valence-corrected chi connectivity index (χ4v) is 2.73. The van der Waals surface area contributed by atoms with E-state index >= 15 is 0 Å². The lowest BCUT2D eigenvalue weighted by atomic mass is 9.94. The number of hydrogen-bond acceptors (Lipinski definition) is 3. The predicted octanol–water partition coefficient (Wildman–Crippen LogP) is 1.80. The van der Waals surface area contributed by atoms with Crippen LogP contribution in [0.2, 0.25) is 0 Å². The number of nitrogens with zero attached hydrogens (tertiary/aromatic N) is 3. The average Bonchev–Trinajstić information content (AvgIpc) is 2.72. The Bertz CT molecular complexity index is 421. The lowest BCUT2D eigenvalue weighted by Gasteiger charge is -2.33. The van der Waals surface area contributed by atoms with Crippen molar-refractivity contribution in [3.63, 3.8) is 0 Å². The van der Waals surface area contributed by atoms with Gasteiger partial charge in [-0.05, 0) is 19.8 Å². The number of nitrogens with two attached hydrogens (primary N) is 1. The highest BCUT2D eigenvalue weighted by Gasteiger charge is 2.27. The summed E-state index contributed by atoms with van der Waals surface area (Å²) in [7, 11) is 1.75. The van der Waals surface area contributed by atoms with Crippen molar-refractivity contribution in [3.05, 3.63) is 11.8 Å². The Morgan fingerprint density at radius 1 is 1.50 bits per heavy atom. The Morgan fingerprint density at radius 3 is 2.67 bits per heavy atom. The van der Waals surface area contributed by atoms with Gasteiger partial charge >= 0.3 is 0 Å². The van der Waals surface area contributed by atoms with Crippen molar-refractivity contribution in [1.82, 2.24) is 14.7 Å². The van der Waals surface area contributed by atoms with Crippen LogP contribution in [0.4, 0.5) is 5.82 Å². The Hall–Kier alpha value is -1.52. The van der Waals surface area contributed by atoms with E-state index in [9.17, 15) is 4.79 Å². The van der Waals surface area contributed by atoms with Gasteiger partial charge in [0, 0.05) is 19.6 Å². The Balaban J connectivity index is 2.16. The van der Waals surface area contributed by atoms with E-state index in [1.807, 2.05) is 11.8 Å². The minimum Gasteiger partial charge on any atom is -0.383 e. The summed E-state index contributed by atoms with van der Waals surface area (Å²) in [6.07, 6.45) is 7.52. The molecule has 1 heterocycles. The third-order valence-corrected chi connectivity index (χ3v) is 3.83. The van der Waals surface area contributed by atoms with Gasteiger partial charge in [-0.25, -0.2) is 0 Å². The molecule has 1 aromatic heterocycles. The van der Waals surface area contributed by atoms with Gasteiger partial charge in [0.25, 0.3) is 5.91 Å². The van der Waals surface area contributed by atoms with Crippen LogP contribution in [0.15, 0.2) is 6.20 Å². The second-order valence-electron chi connectivity index (χ2n) is 4.95. The van der Waals surface area contributed by atoms with Gasteiger partial charge < -0.3 is 10.6 Å². The van der Waals surface area contributed by atoms with Gasteiger partial charge in [0.1, 0.15) is 11.4 Å². The first-order chi connectivity index (χ1) is 8.65. The molecule has 0 bridgehead atoms. The van der Waals surface area contributed by atoms with E-state index in [1.54, 1.807) is 17.9 Å². The quantitative estimate of drug-likeness (QED) is 0.889. The first-order valence-electron chi connectivity index (χ1n) is 6.73. The summed E-state index contributed by atoms with van der Waals surface area (Å²) in [5, 5.41) is 4.04. The van der Waals surface area contributed by atoms with Crippen LogP contribution >= 0.6 is 0 Å². The largest absolute Gasteiger partial charge is 0.383 e.